The lowest BCUT2D eigenvalue weighted by atomic mass is 10.5. The predicted molar refractivity (Wildman–Crippen MR) is 33.9 cm³/mol. The molecule has 1 heterocycles. The second-order valence-electron chi connectivity index (χ2n) is 1.21. The molecule has 0 fully saturated rings. The summed E-state index contributed by atoms with van der Waals surface area (Å²) in [6.45, 7) is 0. The molecule has 2 heteroatoms. The fourth-order valence-corrected chi connectivity index (χ4v) is 1.22. The highest BCUT2D eigenvalue weighted by atomic mass is 35.5. The molecule has 1 aromatic rings. The molecule has 1 aromatic heterocycles. The molecule has 38 valence electrons. The largest absolute Gasteiger partial charge is 0.148 e. The van der Waals surface area contributed by atoms with Crippen LogP contribution in [0.3, 0.4) is 0 Å². The van der Waals surface area contributed by atoms with Crippen LogP contribution in [0.4, 0.5) is 0 Å². The summed E-state index contributed by atoms with van der Waals surface area (Å²) in [4.78, 5) is 1.24. The van der Waals surface area contributed by atoms with Gasteiger partial charge in [0.2, 0.25) is 0 Å². The van der Waals surface area contributed by atoms with E-state index in [1.165, 1.54) is 4.88 Å². The zero-order valence-corrected chi connectivity index (χ0v) is 5.30. The van der Waals surface area contributed by atoms with Crippen LogP contribution in [0.1, 0.15) is 4.88 Å². The van der Waals surface area contributed by atoms with Gasteiger partial charge in [-0.05, 0) is 11.4 Å². The van der Waals surface area contributed by atoms with Gasteiger partial charge in [0, 0.05) is 4.88 Å². The lowest BCUT2D eigenvalue weighted by molar-refractivity contribution is 1.53. The van der Waals surface area contributed by atoms with E-state index in [9.17, 15) is 0 Å². The Balaban J connectivity index is 2.76. The van der Waals surface area contributed by atoms with Gasteiger partial charge in [-0.15, -0.1) is 22.9 Å². The first-order chi connectivity index (χ1) is 3.43. The average Bonchev–Trinajstić information content (AvgIpc) is 2.14. The fraction of sp³-hybridized carbons (Fsp3) is 0.200. The summed E-state index contributed by atoms with van der Waals surface area (Å²) in [7, 11) is 0. The zero-order valence-electron chi connectivity index (χ0n) is 3.73. The molecule has 0 nitrogen and oxygen atoms in total. The Morgan fingerprint density at radius 1 is 1.71 bits per heavy atom. The summed E-state index contributed by atoms with van der Waals surface area (Å²) in [6, 6.07) is 4.03. The van der Waals surface area contributed by atoms with Crippen molar-refractivity contribution in [3.05, 3.63) is 22.4 Å². The van der Waals surface area contributed by atoms with Crippen molar-refractivity contribution in [1.29, 1.82) is 0 Å². The maximum atomic E-state index is 5.48. The smallest absolute Gasteiger partial charge is 0.0568 e. The van der Waals surface area contributed by atoms with Crippen LogP contribution in [-0.2, 0) is 5.88 Å². The number of alkyl halides is 1. The quantitative estimate of drug-likeness (QED) is 0.515. The van der Waals surface area contributed by atoms with Gasteiger partial charge in [-0.3, -0.25) is 0 Å². The second-order valence-corrected chi connectivity index (χ2v) is 2.51. The van der Waals surface area contributed by atoms with E-state index in [1.807, 2.05) is 17.5 Å². The highest BCUT2D eigenvalue weighted by molar-refractivity contribution is 7.10. The molecular weight excluding hydrogens is 128 g/mol. The number of hydrogen-bond donors (Lipinski definition) is 0. The number of rotatable bonds is 1. The van der Waals surface area contributed by atoms with Crippen molar-refractivity contribution < 1.29 is 0 Å². The van der Waals surface area contributed by atoms with Crippen molar-refractivity contribution in [2.75, 3.05) is 0 Å². The normalized spacial score (nSPS) is 9.29. The zero-order chi connectivity index (χ0) is 5.11. The summed E-state index contributed by atoms with van der Waals surface area (Å²) in [5, 5.41) is 2.03. The third-order valence-corrected chi connectivity index (χ3v) is 2.03. The molecule has 0 unspecified atom stereocenters. The highest BCUT2D eigenvalue weighted by Gasteiger charge is 1.84. The molecule has 0 aliphatic carbocycles. The van der Waals surface area contributed by atoms with E-state index in [0.717, 1.165) is 0 Å². The molecule has 0 spiro atoms. The van der Waals surface area contributed by atoms with Crippen LogP contribution in [-0.4, -0.2) is 0 Å². The summed E-state index contributed by atoms with van der Waals surface area (Å²) in [5.74, 6) is 0.650. The van der Waals surface area contributed by atoms with Crippen molar-refractivity contribution in [2.45, 2.75) is 5.88 Å². The number of thiophene rings is 1. The van der Waals surface area contributed by atoms with Crippen LogP contribution in [0.15, 0.2) is 17.5 Å². The van der Waals surface area contributed by atoms with Crippen molar-refractivity contribution in [1.82, 2.24) is 0 Å². The molecule has 1 rings (SSSR count). The van der Waals surface area contributed by atoms with Gasteiger partial charge in [0.25, 0.3) is 0 Å². The Hall–Kier alpha value is -0.0100. The lowest BCUT2D eigenvalue weighted by Crippen LogP contribution is -1.58. The van der Waals surface area contributed by atoms with Crippen LogP contribution < -0.4 is 0 Å². The Bertz CT molecular complexity index is 123. The standard InChI is InChI=1S/C5H5ClS/c6-4-5-2-1-3-7-5/h1-3H,4H2. The maximum Gasteiger partial charge on any atom is 0.0568 e. The molecule has 0 saturated carbocycles. The topological polar surface area (TPSA) is 0 Å². The molecular formula is C5H5ClS. The second kappa shape index (κ2) is 2.34. The van der Waals surface area contributed by atoms with Gasteiger partial charge in [0.15, 0.2) is 0 Å². The molecule has 7 heavy (non-hydrogen) atoms. The molecule has 0 aliphatic rings. The van der Waals surface area contributed by atoms with Crippen LogP contribution in [0, 0.1) is 0 Å². The van der Waals surface area contributed by atoms with Crippen LogP contribution in [0.25, 0.3) is 0 Å². The minimum Gasteiger partial charge on any atom is -0.148 e. The van der Waals surface area contributed by atoms with E-state index in [-0.39, 0.29) is 0 Å². The fourth-order valence-electron chi connectivity index (χ4n) is 0.389. The van der Waals surface area contributed by atoms with Gasteiger partial charge in [-0.1, -0.05) is 6.07 Å². The van der Waals surface area contributed by atoms with Gasteiger partial charge < -0.3 is 0 Å². The molecule has 0 amide bonds. The molecule has 0 atom stereocenters. The van der Waals surface area contributed by atoms with Crippen molar-refractivity contribution in [3.8, 4) is 0 Å². The Kier molecular flexibility index (Phi) is 1.71. The van der Waals surface area contributed by atoms with Gasteiger partial charge in [-0.25, -0.2) is 0 Å². The van der Waals surface area contributed by atoms with Crippen LogP contribution >= 0.6 is 22.9 Å². The summed E-state index contributed by atoms with van der Waals surface area (Å²) >= 11 is 7.17. The molecule has 0 saturated heterocycles. The minimum absolute atomic E-state index is 0.650. The first-order valence-corrected chi connectivity index (χ1v) is 3.43. The van der Waals surface area contributed by atoms with Crippen molar-refractivity contribution in [2.24, 2.45) is 0 Å². The predicted octanol–water partition coefficient (Wildman–Crippen LogP) is 2.49. The van der Waals surface area contributed by atoms with Crippen molar-refractivity contribution in [3.63, 3.8) is 0 Å². The Morgan fingerprint density at radius 2 is 2.57 bits per heavy atom. The van der Waals surface area contributed by atoms with Crippen LogP contribution in [0.2, 0.25) is 0 Å². The first kappa shape index (κ1) is 5.13. The van der Waals surface area contributed by atoms with Gasteiger partial charge in [0.1, 0.15) is 0 Å². The highest BCUT2D eigenvalue weighted by Crippen LogP contribution is 2.09. The Morgan fingerprint density at radius 3 is 2.86 bits per heavy atom. The first-order valence-electron chi connectivity index (χ1n) is 2.02. The lowest BCUT2D eigenvalue weighted by Gasteiger charge is -1.76. The maximum absolute atomic E-state index is 5.48. The molecule has 0 aliphatic heterocycles. The molecule has 0 aromatic carbocycles. The molecule has 0 bridgehead atoms. The van der Waals surface area contributed by atoms with Gasteiger partial charge in [0.05, 0.1) is 5.88 Å². The van der Waals surface area contributed by atoms with Crippen LogP contribution in [0.5, 0.6) is 0 Å². The van der Waals surface area contributed by atoms with E-state index in [0.29, 0.717) is 5.88 Å². The monoisotopic (exact) mass is 132 g/mol. The van der Waals surface area contributed by atoms with E-state index in [1.54, 1.807) is 11.3 Å². The van der Waals surface area contributed by atoms with Crippen molar-refractivity contribution >= 4 is 22.9 Å². The van der Waals surface area contributed by atoms with Gasteiger partial charge >= 0.3 is 0 Å². The number of hydrogen-bond acceptors (Lipinski definition) is 1. The summed E-state index contributed by atoms with van der Waals surface area (Å²) in [6.07, 6.45) is 0. The third-order valence-electron chi connectivity index (χ3n) is 0.712. The van der Waals surface area contributed by atoms with E-state index in [2.05, 4.69) is 0 Å². The summed E-state index contributed by atoms with van der Waals surface area (Å²) < 4.78 is 0. The molecule has 0 radical (unpaired) electrons. The molecule has 0 N–H and O–H groups in total. The van der Waals surface area contributed by atoms with Gasteiger partial charge in [-0.2, -0.15) is 0 Å². The Labute approximate surface area is 51.7 Å². The van der Waals surface area contributed by atoms with E-state index >= 15 is 0 Å². The number of halogens is 1. The third kappa shape index (κ3) is 1.18. The minimum atomic E-state index is 0.650. The average molecular weight is 133 g/mol. The summed E-state index contributed by atoms with van der Waals surface area (Å²) in [5.41, 5.74) is 0. The van der Waals surface area contributed by atoms with E-state index < -0.39 is 0 Å². The van der Waals surface area contributed by atoms with E-state index in [4.69, 9.17) is 11.6 Å². The SMILES string of the molecule is ClCc1cccs1.